The van der Waals surface area contributed by atoms with E-state index in [1.54, 1.807) is 13.4 Å². The Bertz CT molecular complexity index is 392. The number of aryl methyl sites for hydroxylation is 2. The normalized spacial score (nSPS) is 10.2. The summed E-state index contributed by atoms with van der Waals surface area (Å²) in [7, 11) is 1.68. The number of nitrogens with one attached hydrogen (secondary N) is 1. The second-order valence-electron chi connectivity index (χ2n) is 3.42. The topological polar surface area (TPSA) is 37.9 Å². The van der Waals surface area contributed by atoms with E-state index in [1.807, 2.05) is 18.3 Å². The van der Waals surface area contributed by atoms with Crippen molar-refractivity contribution in [3.8, 4) is 5.75 Å². The van der Waals surface area contributed by atoms with Gasteiger partial charge in [0.25, 0.3) is 0 Å². The van der Waals surface area contributed by atoms with Crippen molar-refractivity contribution in [3.63, 3.8) is 0 Å². The molecule has 1 aromatic carbocycles. The highest BCUT2D eigenvalue weighted by Gasteiger charge is 1.97. The van der Waals surface area contributed by atoms with Crippen molar-refractivity contribution in [2.45, 2.75) is 12.8 Å². The van der Waals surface area contributed by atoms with E-state index in [4.69, 9.17) is 4.74 Å². The number of imidazole rings is 1. The molecule has 1 heterocycles. The summed E-state index contributed by atoms with van der Waals surface area (Å²) in [4.78, 5) is 7.08. The predicted molar refractivity (Wildman–Crippen MR) is 59.0 cm³/mol. The lowest BCUT2D eigenvalue weighted by atomic mass is 10.1. The van der Waals surface area contributed by atoms with E-state index in [2.05, 4.69) is 22.1 Å². The zero-order valence-corrected chi connectivity index (χ0v) is 8.73. The van der Waals surface area contributed by atoms with Crippen LogP contribution in [0, 0.1) is 0 Å². The minimum Gasteiger partial charge on any atom is -0.497 e. The first-order valence-electron chi connectivity index (χ1n) is 4.98. The van der Waals surface area contributed by atoms with Gasteiger partial charge in [-0.25, -0.2) is 4.98 Å². The molecule has 2 rings (SSSR count). The maximum absolute atomic E-state index is 5.10. The summed E-state index contributed by atoms with van der Waals surface area (Å²) in [5.41, 5.74) is 2.48. The van der Waals surface area contributed by atoms with Gasteiger partial charge in [-0.3, -0.25) is 0 Å². The Kier molecular flexibility index (Phi) is 3.02. The minimum atomic E-state index is 0.903. The molecule has 0 aliphatic rings. The molecule has 0 fully saturated rings. The average molecular weight is 202 g/mol. The van der Waals surface area contributed by atoms with E-state index in [0.717, 1.165) is 18.6 Å². The minimum absolute atomic E-state index is 0.903. The molecule has 15 heavy (non-hydrogen) atoms. The van der Waals surface area contributed by atoms with Crippen molar-refractivity contribution in [3.05, 3.63) is 48.0 Å². The molecule has 0 atom stereocenters. The molecule has 1 N–H and O–H groups in total. The lowest BCUT2D eigenvalue weighted by Crippen LogP contribution is -1.91. The molecule has 0 bridgehead atoms. The van der Waals surface area contributed by atoms with Crippen LogP contribution >= 0.6 is 0 Å². The molecule has 0 aliphatic carbocycles. The number of aromatic amines is 1. The number of aromatic nitrogens is 2. The molecule has 0 radical (unpaired) electrons. The number of H-pyrrole nitrogens is 1. The third kappa shape index (κ3) is 2.59. The molecule has 0 amide bonds. The van der Waals surface area contributed by atoms with Crippen LogP contribution in [0.5, 0.6) is 5.75 Å². The van der Waals surface area contributed by atoms with Gasteiger partial charge in [0, 0.05) is 11.9 Å². The first kappa shape index (κ1) is 9.77. The van der Waals surface area contributed by atoms with E-state index in [9.17, 15) is 0 Å². The van der Waals surface area contributed by atoms with Crippen molar-refractivity contribution < 1.29 is 4.74 Å². The lowest BCUT2D eigenvalue weighted by Gasteiger charge is -2.02. The first-order valence-corrected chi connectivity index (χ1v) is 4.98. The number of rotatable bonds is 4. The maximum Gasteiger partial charge on any atom is 0.118 e. The summed E-state index contributed by atoms with van der Waals surface area (Å²) in [5.74, 6) is 0.903. The Morgan fingerprint density at radius 3 is 2.60 bits per heavy atom. The Hall–Kier alpha value is -1.77. The zero-order valence-electron chi connectivity index (χ0n) is 8.73. The molecule has 3 nitrogen and oxygen atoms in total. The fourth-order valence-electron chi connectivity index (χ4n) is 1.49. The van der Waals surface area contributed by atoms with Crippen LogP contribution in [-0.2, 0) is 12.8 Å². The van der Waals surface area contributed by atoms with E-state index < -0.39 is 0 Å². The monoisotopic (exact) mass is 202 g/mol. The Balaban J connectivity index is 1.93. The summed E-state index contributed by atoms with van der Waals surface area (Å²) in [6.07, 6.45) is 5.59. The van der Waals surface area contributed by atoms with E-state index in [1.165, 1.54) is 11.3 Å². The van der Waals surface area contributed by atoms with E-state index in [-0.39, 0.29) is 0 Å². The molecule has 78 valence electrons. The van der Waals surface area contributed by atoms with Crippen molar-refractivity contribution in [2.75, 3.05) is 7.11 Å². The molecule has 0 spiro atoms. The van der Waals surface area contributed by atoms with E-state index in [0.29, 0.717) is 0 Å². The zero-order chi connectivity index (χ0) is 10.5. The van der Waals surface area contributed by atoms with Crippen LogP contribution in [0.25, 0.3) is 0 Å². The highest BCUT2D eigenvalue weighted by Crippen LogP contribution is 2.12. The number of hydrogen-bond acceptors (Lipinski definition) is 2. The van der Waals surface area contributed by atoms with Gasteiger partial charge < -0.3 is 9.72 Å². The van der Waals surface area contributed by atoms with Crippen LogP contribution < -0.4 is 4.74 Å². The molecule has 3 heteroatoms. The Morgan fingerprint density at radius 1 is 1.20 bits per heavy atom. The van der Waals surface area contributed by atoms with Gasteiger partial charge >= 0.3 is 0 Å². The van der Waals surface area contributed by atoms with Crippen LogP contribution in [0.15, 0.2) is 36.8 Å². The molecule has 0 saturated heterocycles. The third-order valence-corrected chi connectivity index (χ3v) is 2.40. The number of methoxy groups -OCH3 is 1. The van der Waals surface area contributed by atoms with Gasteiger partial charge in [-0.2, -0.15) is 0 Å². The quantitative estimate of drug-likeness (QED) is 0.825. The molecule has 0 unspecified atom stereocenters. The highest BCUT2D eigenvalue weighted by atomic mass is 16.5. The molecular weight excluding hydrogens is 188 g/mol. The number of hydrogen-bond donors (Lipinski definition) is 1. The van der Waals surface area contributed by atoms with Crippen LogP contribution in [0.2, 0.25) is 0 Å². The van der Waals surface area contributed by atoms with Gasteiger partial charge in [0.1, 0.15) is 5.75 Å². The van der Waals surface area contributed by atoms with Crippen LogP contribution in [0.3, 0.4) is 0 Å². The predicted octanol–water partition coefficient (Wildman–Crippen LogP) is 2.20. The third-order valence-electron chi connectivity index (χ3n) is 2.40. The van der Waals surface area contributed by atoms with E-state index >= 15 is 0 Å². The smallest absolute Gasteiger partial charge is 0.118 e. The molecule has 0 saturated carbocycles. The Labute approximate surface area is 89.1 Å². The number of benzene rings is 1. The van der Waals surface area contributed by atoms with Crippen LogP contribution in [0.1, 0.15) is 11.3 Å². The van der Waals surface area contributed by atoms with Crippen LogP contribution in [0.4, 0.5) is 0 Å². The van der Waals surface area contributed by atoms with Gasteiger partial charge in [0.05, 0.1) is 13.4 Å². The lowest BCUT2D eigenvalue weighted by molar-refractivity contribution is 0.414. The highest BCUT2D eigenvalue weighted by molar-refractivity contribution is 5.27. The second-order valence-corrected chi connectivity index (χ2v) is 3.42. The summed E-state index contributed by atoms with van der Waals surface area (Å²) in [6, 6.07) is 8.16. The second kappa shape index (κ2) is 4.64. The van der Waals surface area contributed by atoms with Gasteiger partial charge in [0.2, 0.25) is 0 Å². The largest absolute Gasteiger partial charge is 0.497 e. The fraction of sp³-hybridized carbons (Fsp3) is 0.250. The van der Waals surface area contributed by atoms with Gasteiger partial charge in [0.15, 0.2) is 0 Å². The molecule has 1 aromatic heterocycles. The maximum atomic E-state index is 5.10. The van der Waals surface area contributed by atoms with Crippen molar-refractivity contribution >= 4 is 0 Å². The first-order chi connectivity index (χ1) is 7.38. The number of ether oxygens (including phenoxy) is 1. The standard InChI is InChI=1S/C12H14N2O/c1-15-12-6-3-10(4-7-12)2-5-11-8-13-9-14-11/h3-4,6-9H,2,5H2,1H3,(H,13,14). The number of nitrogens with zero attached hydrogens (tertiary/aromatic N) is 1. The molecule has 0 aliphatic heterocycles. The SMILES string of the molecule is COc1ccc(CCc2cnc[nH]2)cc1. The summed E-state index contributed by atoms with van der Waals surface area (Å²) in [5, 5.41) is 0. The molecular formula is C12H14N2O. The fourth-order valence-corrected chi connectivity index (χ4v) is 1.49. The summed E-state index contributed by atoms with van der Waals surface area (Å²) >= 11 is 0. The summed E-state index contributed by atoms with van der Waals surface area (Å²) in [6.45, 7) is 0. The van der Waals surface area contributed by atoms with Crippen molar-refractivity contribution in [1.82, 2.24) is 9.97 Å². The van der Waals surface area contributed by atoms with Gasteiger partial charge in [-0.1, -0.05) is 12.1 Å². The van der Waals surface area contributed by atoms with Crippen molar-refractivity contribution in [1.29, 1.82) is 0 Å². The van der Waals surface area contributed by atoms with Gasteiger partial charge in [-0.05, 0) is 30.5 Å². The Morgan fingerprint density at radius 2 is 2.00 bits per heavy atom. The van der Waals surface area contributed by atoms with Crippen molar-refractivity contribution in [2.24, 2.45) is 0 Å². The average Bonchev–Trinajstić information content (AvgIpc) is 2.80. The van der Waals surface area contributed by atoms with Gasteiger partial charge in [-0.15, -0.1) is 0 Å². The summed E-state index contributed by atoms with van der Waals surface area (Å²) < 4.78 is 5.10. The van der Waals surface area contributed by atoms with Crippen LogP contribution in [-0.4, -0.2) is 17.1 Å². The molecule has 2 aromatic rings.